The molecule has 1 aliphatic heterocycles. The minimum Gasteiger partial charge on any atom is -0.382 e. The summed E-state index contributed by atoms with van der Waals surface area (Å²) in [6, 6.07) is 11.3. The van der Waals surface area contributed by atoms with Crippen molar-refractivity contribution in [1.82, 2.24) is 15.5 Å². The van der Waals surface area contributed by atoms with Gasteiger partial charge in [0.05, 0.1) is 13.2 Å². The molecule has 6 heteroatoms. The van der Waals surface area contributed by atoms with Gasteiger partial charge in [0.15, 0.2) is 5.96 Å². The Morgan fingerprint density at radius 1 is 1.15 bits per heavy atom. The standard InChI is InChI=1S/C21H36N4O2/c1-22-21(23-12-8-14-27-16-15-26-2)24-17-20-11-6-7-13-25(20)18-19-9-4-3-5-10-19/h3-5,9-10,20H,6-8,11-18H2,1-2H3,(H2,22,23,24). The van der Waals surface area contributed by atoms with Crippen molar-refractivity contribution in [2.45, 2.75) is 38.3 Å². The number of aliphatic imine (C=N–C) groups is 1. The molecule has 6 nitrogen and oxygen atoms in total. The summed E-state index contributed by atoms with van der Waals surface area (Å²) in [6.07, 6.45) is 4.79. The molecule has 1 heterocycles. The first-order valence-corrected chi connectivity index (χ1v) is 10.1. The predicted molar refractivity (Wildman–Crippen MR) is 111 cm³/mol. The van der Waals surface area contributed by atoms with Crippen LogP contribution in [0.2, 0.25) is 0 Å². The Hall–Kier alpha value is -1.63. The van der Waals surface area contributed by atoms with Crippen molar-refractivity contribution in [3.8, 4) is 0 Å². The van der Waals surface area contributed by atoms with Crippen LogP contribution in [0.25, 0.3) is 0 Å². The maximum absolute atomic E-state index is 5.48. The zero-order chi connectivity index (χ0) is 19.2. The van der Waals surface area contributed by atoms with Crippen LogP contribution in [0.1, 0.15) is 31.2 Å². The van der Waals surface area contributed by atoms with Gasteiger partial charge in [0.2, 0.25) is 0 Å². The number of rotatable bonds is 11. The van der Waals surface area contributed by atoms with Crippen molar-refractivity contribution >= 4 is 5.96 Å². The summed E-state index contributed by atoms with van der Waals surface area (Å²) in [5.74, 6) is 0.872. The lowest BCUT2D eigenvalue weighted by Crippen LogP contribution is -2.49. The largest absolute Gasteiger partial charge is 0.382 e. The van der Waals surface area contributed by atoms with Gasteiger partial charge in [-0.1, -0.05) is 36.8 Å². The lowest BCUT2D eigenvalue weighted by Gasteiger charge is -2.36. The van der Waals surface area contributed by atoms with E-state index >= 15 is 0 Å². The number of nitrogens with one attached hydrogen (secondary N) is 2. The molecule has 152 valence electrons. The van der Waals surface area contributed by atoms with E-state index in [1.54, 1.807) is 7.11 Å². The number of methoxy groups -OCH3 is 1. The summed E-state index contributed by atoms with van der Waals surface area (Å²) < 4.78 is 10.4. The van der Waals surface area contributed by atoms with Gasteiger partial charge in [0.1, 0.15) is 0 Å². The maximum Gasteiger partial charge on any atom is 0.191 e. The van der Waals surface area contributed by atoms with E-state index in [1.165, 1.54) is 31.4 Å². The maximum atomic E-state index is 5.48. The average Bonchev–Trinajstić information content (AvgIpc) is 2.71. The normalized spacial score (nSPS) is 18.4. The van der Waals surface area contributed by atoms with Crippen molar-refractivity contribution in [3.63, 3.8) is 0 Å². The summed E-state index contributed by atoms with van der Waals surface area (Å²) in [5.41, 5.74) is 1.39. The summed E-state index contributed by atoms with van der Waals surface area (Å²) >= 11 is 0. The Labute approximate surface area is 164 Å². The third-order valence-electron chi connectivity index (χ3n) is 4.90. The van der Waals surface area contributed by atoms with Crippen LogP contribution in [0.15, 0.2) is 35.3 Å². The Bertz CT molecular complexity index is 524. The number of nitrogens with zero attached hydrogens (tertiary/aromatic N) is 2. The van der Waals surface area contributed by atoms with Crippen LogP contribution in [0.5, 0.6) is 0 Å². The van der Waals surface area contributed by atoms with Crippen molar-refractivity contribution in [3.05, 3.63) is 35.9 Å². The van der Waals surface area contributed by atoms with Gasteiger partial charge in [0.25, 0.3) is 0 Å². The first-order valence-electron chi connectivity index (χ1n) is 10.1. The van der Waals surface area contributed by atoms with Gasteiger partial charge < -0.3 is 20.1 Å². The molecule has 0 saturated carbocycles. The number of ether oxygens (including phenoxy) is 2. The predicted octanol–water partition coefficient (Wildman–Crippen LogP) is 2.26. The molecule has 27 heavy (non-hydrogen) atoms. The Kier molecular flexibility index (Phi) is 10.9. The number of hydrogen-bond donors (Lipinski definition) is 2. The molecule has 2 N–H and O–H groups in total. The fourth-order valence-corrected chi connectivity index (χ4v) is 3.38. The topological polar surface area (TPSA) is 58.1 Å². The smallest absolute Gasteiger partial charge is 0.191 e. The van der Waals surface area contributed by atoms with Gasteiger partial charge in [-0.15, -0.1) is 0 Å². The molecule has 0 bridgehead atoms. The molecule has 0 aromatic heterocycles. The van der Waals surface area contributed by atoms with Gasteiger partial charge in [0, 0.05) is 46.4 Å². The number of benzene rings is 1. The van der Waals surface area contributed by atoms with Crippen LogP contribution in [0, 0.1) is 0 Å². The second-order valence-corrected chi connectivity index (χ2v) is 6.94. The highest BCUT2D eigenvalue weighted by molar-refractivity contribution is 5.79. The van der Waals surface area contributed by atoms with Gasteiger partial charge in [-0.3, -0.25) is 9.89 Å². The zero-order valence-corrected chi connectivity index (χ0v) is 17.0. The van der Waals surface area contributed by atoms with E-state index in [0.29, 0.717) is 19.3 Å². The van der Waals surface area contributed by atoms with Crippen molar-refractivity contribution in [2.75, 3.05) is 53.6 Å². The summed E-state index contributed by atoms with van der Waals surface area (Å²) in [6.45, 7) is 6.02. The van der Waals surface area contributed by atoms with Crippen molar-refractivity contribution < 1.29 is 9.47 Å². The summed E-state index contributed by atoms with van der Waals surface area (Å²) in [7, 11) is 3.51. The van der Waals surface area contributed by atoms with Crippen LogP contribution in [0.4, 0.5) is 0 Å². The number of guanidine groups is 1. The van der Waals surface area contributed by atoms with E-state index in [4.69, 9.17) is 9.47 Å². The fraction of sp³-hybridized carbons (Fsp3) is 0.667. The highest BCUT2D eigenvalue weighted by Crippen LogP contribution is 2.19. The third kappa shape index (κ3) is 8.73. The molecular weight excluding hydrogens is 340 g/mol. The van der Waals surface area contributed by atoms with E-state index in [-0.39, 0.29) is 0 Å². The van der Waals surface area contributed by atoms with Crippen molar-refractivity contribution in [1.29, 1.82) is 0 Å². The molecule has 1 aromatic rings. The second kappa shape index (κ2) is 13.5. The number of hydrogen-bond acceptors (Lipinski definition) is 4. The van der Waals surface area contributed by atoms with Gasteiger partial charge in [-0.05, 0) is 31.4 Å². The van der Waals surface area contributed by atoms with Gasteiger partial charge in [-0.2, -0.15) is 0 Å². The minimum atomic E-state index is 0.551. The highest BCUT2D eigenvalue weighted by Gasteiger charge is 2.22. The number of likely N-dealkylation sites (tertiary alicyclic amines) is 1. The molecule has 1 fully saturated rings. The van der Waals surface area contributed by atoms with Crippen LogP contribution in [-0.2, 0) is 16.0 Å². The molecule has 0 radical (unpaired) electrons. The molecule has 0 spiro atoms. The molecule has 0 amide bonds. The Morgan fingerprint density at radius 3 is 2.78 bits per heavy atom. The van der Waals surface area contributed by atoms with Gasteiger partial charge in [-0.25, -0.2) is 0 Å². The molecule has 1 atom stereocenters. The second-order valence-electron chi connectivity index (χ2n) is 6.94. The van der Waals surface area contributed by atoms with Crippen LogP contribution < -0.4 is 10.6 Å². The molecule has 1 aromatic carbocycles. The van der Waals surface area contributed by atoms with Crippen LogP contribution >= 0.6 is 0 Å². The number of piperidine rings is 1. The van der Waals surface area contributed by atoms with E-state index < -0.39 is 0 Å². The molecule has 1 aliphatic rings. The third-order valence-corrected chi connectivity index (χ3v) is 4.90. The van der Waals surface area contributed by atoms with Crippen LogP contribution in [0.3, 0.4) is 0 Å². The summed E-state index contributed by atoms with van der Waals surface area (Å²) in [5, 5.41) is 6.88. The summed E-state index contributed by atoms with van der Waals surface area (Å²) in [4.78, 5) is 6.94. The van der Waals surface area contributed by atoms with E-state index in [0.717, 1.165) is 38.6 Å². The van der Waals surface area contributed by atoms with E-state index in [1.807, 2.05) is 7.05 Å². The fourth-order valence-electron chi connectivity index (χ4n) is 3.38. The highest BCUT2D eigenvalue weighted by atomic mass is 16.5. The molecular formula is C21H36N4O2. The average molecular weight is 377 g/mol. The first kappa shape index (κ1) is 21.7. The van der Waals surface area contributed by atoms with Crippen LogP contribution in [-0.4, -0.2) is 70.5 Å². The van der Waals surface area contributed by atoms with Crippen molar-refractivity contribution in [2.24, 2.45) is 4.99 Å². The quantitative estimate of drug-likeness (QED) is 0.352. The zero-order valence-electron chi connectivity index (χ0n) is 17.0. The molecule has 0 aliphatic carbocycles. The van der Waals surface area contributed by atoms with E-state index in [2.05, 4.69) is 50.9 Å². The first-order chi connectivity index (χ1) is 13.3. The Balaban J connectivity index is 1.68. The van der Waals surface area contributed by atoms with Gasteiger partial charge >= 0.3 is 0 Å². The SMILES string of the molecule is CN=C(NCCCOCCOC)NCC1CCCCN1Cc1ccccc1. The minimum absolute atomic E-state index is 0.551. The monoisotopic (exact) mass is 376 g/mol. The molecule has 1 unspecified atom stereocenters. The lowest BCUT2D eigenvalue weighted by atomic mass is 10.0. The Morgan fingerprint density at radius 2 is 2.00 bits per heavy atom. The lowest BCUT2D eigenvalue weighted by molar-refractivity contribution is 0.0698. The van der Waals surface area contributed by atoms with E-state index in [9.17, 15) is 0 Å². The molecule has 1 saturated heterocycles. The molecule has 2 rings (SSSR count).